The molecule has 1 heterocycles. The molecule has 0 fully saturated rings. The van der Waals surface area contributed by atoms with Gasteiger partial charge in [-0.3, -0.25) is 4.99 Å². The molecule has 2 aromatic carbocycles. The van der Waals surface area contributed by atoms with Crippen molar-refractivity contribution in [1.82, 2.24) is 0 Å². The lowest BCUT2D eigenvalue weighted by Gasteiger charge is -2.10. The summed E-state index contributed by atoms with van der Waals surface area (Å²) in [6.07, 6.45) is 0.736. The summed E-state index contributed by atoms with van der Waals surface area (Å²) in [6, 6.07) is 22.6. The van der Waals surface area contributed by atoms with Gasteiger partial charge in [0.05, 0.1) is 18.0 Å². The molecule has 19 heavy (non-hydrogen) atoms. The highest BCUT2D eigenvalue weighted by atomic mass is 14.9. The van der Waals surface area contributed by atoms with E-state index in [0.717, 1.165) is 23.3 Å². The zero-order valence-electron chi connectivity index (χ0n) is 10.5. The Hall–Kier alpha value is -2.40. The van der Waals surface area contributed by atoms with Crippen LogP contribution in [0.4, 0.5) is 0 Å². The van der Waals surface area contributed by atoms with Crippen molar-refractivity contribution in [3.8, 4) is 6.07 Å². The molecule has 2 heteroatoms. The van der Waals surface area contributed by atoms with E-state index in [1.807, 2.05) is 48.5 Å². The van der Waals surface area contributed by atoms with Gasteiger partial charge in [0.1, 0.15) is 0 Å². The van der Waals surface area contributed by atoms with Crippen molar-refractivity contribution in [2.24, 2.45) is 10.9 Å². The highest BCUT2D eigenvalue weighted by Crippen LogP contribution is 2.35. The predicted molar refractivity (Wildman–Crippen MR) is 75.9 cm³/mol. The minimum absolute atomic E-state index is 0.0265. The Morgan fingerprint density at radius 2 is 1.58 bits per heavy atom. The molecule has 0 aliphatic carbocycles. The van der Waals surface area contributed by atoms with Crippen LogP contribution in [0.25, 0.3) is 0 Å². The first-order valence-corrected chi connectivity index (χ1v) is 6.45. The van der Waals surface area contributed by atoms with E-state index >= 15 is 0 Å². The zero-order chi connectivity index (χ0) is 13.1. The molecule has 92 valence electrons. The van der Waals surface area contributed by atoms with Gasteiger partial charge in [-0.1, -0.05) is 60.7 Å². The van der Waals surface area contributed by atoms with Gasteiger partial charge in [0.2, 0.25) is 0 Å². The lowest BCUT2D eigenvalue weighted by molar-refractivity contribution is 0.594. The average molecular weight is 246 g/mol. The number of benzene rings is 2. The largest absolute Gasteiger partial charge is 0.280 e. The van der Waals surface area contributed by atoms with Crippen LogP contribution in [-0.4, -0.2) is 5.71 Å². The fraction of sp³-hybridized carbons (Fsp3) is 0.176. The molecule has 2 aromatic rings. The smallest absolute Gasteiger partial charge is 0.0914 e. The van der Waals surface area contributed by atoms with E-state index in [-0.39, 0.29) is 12.0 Å². The van der Waals surface area contributed by atoms with E-state index in [1.165, 1.54) is 0 Å². The first-order valence-electron chi connectivity index (χ1n) is 6.45. The second-order valence-electron chi connectivity index (χ2n) is 4.74. The van der Waals surface area contributed by atoms with Crippen molar-refractivity contribution in [2.75, 3.05) is 0 Å². The number of nitrogens with zero attached hydrogens (tertiary/aromatic N) is 2. The molecule has 0 aromatic heterocycles. The van der Waals surface area contributed by atoms with Gasteiger partial charge in [-0.25, -0.2) is 0 Å². The lowest BCUT2D eigenvalue weighted by atomic mass is 9.93. The Labute approximate surface area is 113 Å². The lowest BCUT2D eigenvalue weighted by Crippen LogP contribution is -2.04. The van der Waals surface area contributed by atoms with Crippen molar-refractivity contribution >= 4 is 5.71 Å². The van der Waals surface area contributed by atoms with Crippen LogP contribution in [0.3, 0.4) is 0 Å². The fourth-order valence-corrected chi connectivity index (χ4v) is 2.53. The number of aliphatic imine (C=N–C) groups is 1. The summed E-state index contributed by atoms with van der Waals surface area (Å²) >= 11 is 0. The highest BCUT2D eigenvalue weighted by molar-refractivity contribution is 6.02. The van der Waals surface area contributed by atoms with Crippen LogP contribution in [0.1, 0.15) is 23.6 Å². The maximum absolute atomic E-state index is 9.34. The Kier molecular flexibility index (Phi) is 3.12. The molecular weight excluding hydrogens is 232 g/mol. The number of nitriles is 1. The normalized spacial score (nSPS) is 21.7. The van der Waals surface area contributed by atoms with Gasteiger partial charge in [0.15, 0.2) is 0 Å². The number of rotatable bonds is 2. The maximum atomic E-state index is 9.34. The first kappa shape index (κ1) is 11.7. The summed E-state index contributed by atoms with van der Waals surface area (Å²) in [5.41, 5.74) is 3.29. The quantitative estimate of drug-likeness (QED) is 0.794. The van der Waals surface area contributed by atoms with Gasteiger partial charge < -0.3 is 0 Å². The summed E-state index contributed by atoms with van der Waals surface area (Å²) in [5.74, 6) is -0.0578. The van der Waals surface area contributed by atoms with Gasteiger partial charge in [0.25, 0.3) is 0 Å². The van der Waals surface area contributed by atoms with E-state index in [2.05, 4.69) is 18.2 Å². The molecule has 0 radical (unpaired) electrons. The molecule has 2 atom stereocenters. The monoisotopic (exact) mass is 246 g/mol. The molecule has 0 amide bonds. The van der Waals surface area contributed by atoms with Crippen LogP contribution in [0.5, 0.6) is 0 Å². The first-order chi connectivity index (χ1) is 9.38. The highest BCUT2D eigenvalue weighted by Gasteiger charge is 2.30. The molecule has 2 nitrogen and oxygen atoms in total. The number of hydrogen-bond donors (Lipinski definition) is 0. The third kappa shape index (κ3) is 2.28. The van der Waals surface area contributed by atoms with E-state index in [4.69, 9.17) is 4.99 Å². The zero-order valence-corrected chi connectivity index (χ0v) is 10.5. The maximum Gasteiger partial charge on any atom is 0.0914 e. The topological polar surface area (TPSA) is 36.1 Å². The molecule has 0 saturated heterocycles. The van der Waals surface area contributed by atoms with E-state index < -0.39 is 0 Å². The predicted octanol–water partition coefficient (Wildman–Crippen LogP) is 3.76. The molecule has 0 N–H and O–H groups in total. The molecule has 0 unspecified atom stereocenters. The minimum Gasteiger partial charge on any atom is -0.280 e. The SMILES string of the molecule is N#C[C@@H]1CC(c2ccccc2)=N[C@H]1c1ccccc1. The summed E-state index contributed by atoms with van der Waals surface area (Å²) in [7, 11) is 0. The summed E-state index contributed by atoms with van der Waals surface area (Å²) in [4.78, 5) is 4.77. The minimum atomic E-state index is -0.0578. The van der Waals surface area contributed by atoms with Crippen LogP contribution >= 0.6 is 0 Å². The molecule has 0 spiro atoms. The van der Waals surface area contributed by atoms with Crippen LogP contribution in [0, 0.1) is 17.2 Å². The second kappa shape index (κ2) is 5.07. The average Bonchev–Trinajstić information content (AvgIpc) is 2.93. The van der Waals surface area contributed by atoms with Crippen molar-refractivity contribution in [2.45, 2.75) is 12.5 Å². The molecule has 1 aliphatic heterocycles. The van der Waals surface area contributed by atoms with Crippen molar-refractivity contribution in [3.05, 3.63) is 71.8 Å². The van der Waals surface area contributed by atoms with Gasteiger partial charge in [0, 0.05) is 12.1 Å². The van der Waals surface area contributed by atoms with Crippen LogP contribution in [-0.2, 0) is 0 Å². The third-order valence-electron chi connectivity index (χ3n) is 3.50. The van der Waals surface area contributed by atoms with Crippen molar-refractivity contribution in [1.29, 1.82) is 5.26 Å². The molecular formula is C17H14N2. The Morgan fingerprint density at radius 3 is 2.21 bits per heavy atom. The van der Waals surface area contributed by atoms with Gasteiger partial charge >= 0.3 is 0 Å². The fourth-order valence-electron chi connectivity index (χ4n) is 2.53. The Bertz CT molecular complexity index is 623. The second-order valence-corrected chi connectivity index (χ2v) is 4.74. The Balaban J connectivity index is 1.96. The van der Waals surface area contributed by atoms with Gasteiger partial charge in [-0.15, -0.1) is 0 Å². The van der Waals surface area contributed by atoms with Crippen LogP contribution in [0.15, 0.2) is 65.7 Å². The third-order valence-corrected chi connectivity index (χ3v) is 3.50. The van der Waals surface area contributed by atoms with Gasteiger partial charge in [-0.2, -0.15) is 5.26 Å². The van der Waals surface area contributed by atoms with Crippen LogP contribution < -0.4 is 0 Å². The Morgan fingerprint density at radius 1 is 0.947 bits per heavy atom. The molecule has 0 bridgehead atoms. The van der Waals surface area contributed by atoms with Gasteiger partial charge in [-0.05, 0) is 11.1 Å². The number of hydrogen-bond acceptors (Lipinski definition) is 2. The summed E-state index contributed by atoms with van der Waals surface area (Å²) in [6.45, 7) is 0. The molecule has 3 rings (SSSR count). The van der Waals surface area contributed by atoms with Crippen molar-refractivity contribution < 1.29 is 0 Å². The van der Waals surface area contributed by atoms with E-state index in [9.17, 15) is 5.26 Å². The van der Waals surface area contributed by atoms with E-state index in [1.54, 1.807) is 0 Å². The standard InChI is InChI=1S/C17H14N2/c18-12-15-11-16(13-7-3-1-4-8-13)19-17(15)14-9-5-2-6-10-14/h1-10,15,17H,11H2/t15-,17-/m0/s1. The van der Waals surface area contributed by atoms with Crippen molar-refractivity contribution in [3.63, 3.8) is 0 Å². The molecule has 1 aliphatic rings. The van der Waals surface area contributed by atoms with E-state index in [0.29, 0.717) is 0 Å². The van der Waals surface area contributed by atoms with Crippen LogP contribution in [0.2, 0.25) is 0 Å². The summed E-state index contributed by atoms with van der Waals surface area (Å²) < 4.78 is 0. The molecule has 0 saturated carbocycles. The summed E-state index contributed by atoms with van der Waals surface area (Å²) in [5, 5.41) is 9.34.